The molecule has 0 nitrogen and oxygen atoms in total. The average molecular weight is 234 g/mol. The summed E-state index contributed by atoms with van der Waals surface area (Å²) in [6, 6.07) is 10.8. The van der Waals surface area contributed by atoms with E-state index in [2.05, 4.69) is 56.2 Å². The molecule has 2 unspecified atom stereocenters. The first-order valence-corrected chi connectivity index (χ1v) is 7.32. The maximum Gasteiger partial charge on any atom is 0.0290 e. The van der Waals surface area contributed by atoms with E-state index < -0.39 is 0 Å². The van der Waals surface area contributed by atoms with Gasteiger partial charge in [-0.25, -0.2) is 0 Å². The van der Waals surface area contributed by atoms with Gasteiger partial charge in [-0.15, -0.1) is 6.58 Å². The standard InChI is InChI=1S/C15H22S/c1-4-6-12-14(15(5-2)16-3)13-10-8-7-9-11-13/h5,7-11,14-15H,2,4,6,12H2,1,3H3. The Morgan fingerprint density at radius 2 is 2.00 bits per heavy atom. The smallest absolute Gasteiger partial charge is 0.0290 e. The van der Waals surface area contributed by atoms with Crippen LogP contribution in [0.1, 0.15) is 37.7 Å². The first kappa shape index (κ1) is 13.4. The minimum Gasteiger partial charge on any atom is -0.157 e. The Labute approximate surface area is 104 Å². The van der Waals surface area contributed by atoms with Gasteiger partial charge in [0.2, 0.25) is 0 Å². The number of hydrogen-bond acceptors (Lipinski definition) is 1. The van der Waals surface area contributed by atoms with Gasteiger partial charge in [-0.2, -0.15) is 11.8 Å². The molecule has 0 aliphatic rings. The highest BCUT2D eigenvalue weighted by Crippen LogP contribution is 2.32. The summed E-state index contributed by atoms with van der Waals surface area (Å²) in [5.74, 6) is 0.619. The molecule has 1 heteroatoms. The van der Waals surface area contributed by atoms with Crippen LogP contribution in [0, 0.1) is 0 Å². The van der Waals surface area contributed by atoms with E-state index in [4.69, 9.17) is 0 Å². The Bertz CT molecular complexity index is 292. The molecule has 0 N–H and O–H groups in total. The Kier molecular flexibility index (Phi) is 6.32. The maximum atomic E-state index is 3.97. The molecule has 0 heterocycles. The van der Waals surface area contributed by atoms with Crippen LogP contribution in [-0.4, -0.2) is 11.5 Å². The van der Waals surface area contributed by atoms with Crippen LogP contribution in [0.4, 0.5) is 0 Å². The highest BCUT2D eigenvalue weighted by atomic mass is 32.2. The van der Waals surface area contributed by atoms with E-state index in [9.17, 15) is 0 Å². The third kappa shape index (κ3) is 3.71. The lowest BCUT2D eigenvalue weighted by atomic mass is 9.90. The van der Waals surface area contributed by atoms with Crippen LogP contribution in [0.2, 0.25) is 0 Å². The van der Waals surface area contributed by atoms with Gasteiger partial charge < -0.3 is 0 Å². The second-order valence-corrected chi connectivity index (χ2v) is 5.11. The number of hydrogen-bond donors (Lipinski definition) is 0. The minimum absolute atomic E-state index is 0.536. The van der Waals surface area contributed by atoms with Crippen molar-refractivity contribution in [2.75, 3.05) is 6.26 Å². The molecule has 0 radical (unpaired) electrons. The molecular weight excluding hydrogens is 212 g/mol. The Morgan fingerprint density at radius 1 is 1.31 bits per heavy atom. The zero-order valence-electron chi connectivity index (χ0n) is 10.4. The molecule has 0 aliphatic heterocycles. The summed E-state index contributed by atoms with van der Waals surface area (Å²) < 4.78 is 0. The quantitative estimate of drug-likeness (QED) is 0.606. The fourth-order valence-corrected chi connectivity index (χ4v) is 2.88. The first-order chi connectivity index (χ1) is 7.83. The van der Waals surface area contributed by atoms with Gasteiger partial charge in [-0.05, 0) is 24.2 Å². The van der Waals surface area contributed by atoms with Crippen molar-refractivity contribution in [1.29, 1.82) is 0 Å². The van der Waals surface area contributed by atoms with E-state index in [0.29, 0.717) is 11.2 Å². The summed E-state index contributed by atoms with van der Waals surface area (Å²) in [5, 5.41) is 0.536. The van der Waals surface area contributed by atoms with Crippen molar-refractivity contribution in [2.45, 2.75) is 37.4 Å². The molecule has 0 spiro atoms. The fourth-order valence-electron chi connectivity index (χ4n) is 2.07. The molecule has 2 atom stereocenters. The van der Waals surface area contributed by atoms with Crippen LogP contribution >= 0.6 is 11.8 Å². The molecule has 1 aromatic carbocycles. The second kappa shape index (κ2) is 7.56. The average Bonchev–Trinajstić information content (AvgIpc) is 2.35. The highest BCUT2D eigenvalue weighted by Gasteiger charge is 2.18. The largest absolute Gasteiger partial charge is 0.157 e. The summed E-state index contributed by atoms with van der Waals surface area (Å²) in [7, 11) is 0. The molecule has 0 aliphatic carbocycles. The zero-order valence-corrected chi connectivity index (χ0v) is 11.2. The summed E-state index contributed by atoms with van der Waals surface area (Å²) >= 11 is 1.91. The van der Waals surface area contributed by atoms with Gasteiger partial charge in [0.1, 0.15) is 0 Å². The fraction of sp³-hybridized carbons (Fsp3) is 0.467. The minimum atomic E-state index is 0.536. The number of rotatable bonds is 7. The Balaban J connectivity index is 2.82. The molecule has 0 saturated heterocycles. The molecule has 0 aromatic heterocycles. The Hall–Kier alpha value is -0.690. The lowest BCUT2D eigenvalue weighted by Gasteiger charge is -2.23. The van der Waals surface area contributed by atoms with Crippen LogP contribution in [0.3, 0.4) is 0 Å². The SMILES string of the molecule is C=CC(SC)C(CCCC)c1ccccc1. The lowest BCUT2D eigenvalue weighted by molar-refractivity contribution is 0.598. The van der Waals surface area contributed by atoms with Crippen molar-refractivity contribution in [1.82, 2.24) is 0 Å². The van der Waals surface area contributed by atoms with Crippen molar-refractivity contribution in [3.8, 4) is 0 Å². The Morgan fingerprint density at radius 3 is 2.50 bits per heavy atom. The number of thioether (sulfide) groups is 1. The van der Waals surface area contributed by atoms with Crippen LogP contribution < -0.4 is 0 Å². The predicted octanol–water partition coefficient (Wildman–Crippen LogP) is 4.88. The third-order valence-corrected chi connectivity index (χ3v) is 4.06. The summed E-state index contributed by atoms with van der Waals surface area (Å²) in [4.78, 5) is 0. The molecule has 1 rings (SSSR count). The van der Waals surface area contributed by atoms with Crippen molar-refractivity contribution in [3.63, 3.8) is 0 Å². The molecule has 0 fully saturated rings. The van der Waals surface area contributed by atoms with Crippen LogP contribution in [0.25, 0.3) is 0 Å². The van der Waals surface area contributed by atoms with Gasteiger partial charge in [-0.1, -0.05) is 56.2 Å². The van der Waals surface area contributed by atoms with Gasteiger partial charge in [0.15, 0.2) is 0 Å². The van der Waals surface area contributed by atoms with Crippen molar-refractivity contribution < 1.29 is 0 Å². The zero-order chi connectivity index (χ0) is 11.8. The lowest BCUT2D eigenvalue weighted by Crippen LogP contribution is -2.12. The van der Waals surface area contributed by atoms with E-state index in [0.717, 1.165) is 0 Å². The molecule has 0 bridgehead atoms. The van der Waals surface area contributed by atoms with Crippen molar-refractivity contribution in [3.05, 3.63) is 48.6 Å². The van der Waals surface area contributed by atoms with Gasteiger partial charge in [0.05, 0.1) is 0 Å². The van der Waals surface area contributed by atoms with Crippen LogP contribution in [-0.2, 0) is 0 Å². The van der Waals surface area contributed by atoms with Gasteiger partial charge in [-0.3, -0.25) is 0 Å². The molecular formula is C15H22S. The van der Waals surface area contributed by atoms with Crippen LogP contribution in [0.15, 0.2) is 43.0 Å². The molecule has 0 saturated carbocycles. The maximum absolute atomic E-state index is 3.97. The van der Waals surface area contributed by atoms with Gasteiger partial charge in [0.25, 0.3) is 0 Å². The third-order valence-electron chi connectivity index (χ3n) is 3.00. The van der Waals surface area contributed by atoms with Gasteiger partial charge in [0, 0.05) is 5.25 Å². The van der Waals surface area contributed by atoms with E-state index in [1.807, 2.05) is 11.8 Å². The number of unbranched alkanes of at least 4 members (excludes halogenated alkanes) is 1. The summed E-state index contributed by atoms with van der Waals surface area (Å²) in [6.45, 7) is 6.22. The summed E-state index contributed by atoms with van der Waals surface area (Å²) in [5.41, 5.74) is 1.45. The van der Waals surface area contributed by atoms with E-state index in [-0.39, 0.29) is 0 Å². The van der Waals surface area contributed by atoms with Gasteiger partial charge >= 0.3 is 0 Å². The van der Waals surface area contributed by atoms with E-state index in [1.54, 1.807) is 0 Å². The monoisotopic (exact) mass is 234 g/mol. The molecule has 0 amide bonds. The highest BCUT2D eigenvalue weighted by molar-refractivity contribution is 7.99. The normalized spacial score (nSPS) is 14.4. The first-order valence-electron chi connectivity index (χ1n) is 6.03. The summed E-state index contributed by atoms with van der Waals surface area (Å²) in [6.07, 6.45) is 8.09. The number of benzene rings is 1. The van der Waals surface area contributed by atoms with Crippen molar-refractivity contribution >= 4 is 11.8 Å². The second-order valence-electron chi connectivity index (χ2n) is 4.10. The molecule has 88 valence electrons. The van der Waals surface area contributed by atoms with Crippen molar-refractivity contribution in [2.24, 2.45) is 0 Å². The molecule has 1 aromatic rings. The van der Waals surface area contributed by atoms with Crippen LogP contribution in [0.5, 0.6) is 0 Å². The molecule has 16 heavy (non-hydrogen) atoms. The predicted molar refractivity (Wildman–Crippen MR) is 76.2 cm³/mol. The van der Waals surface area contributed by atoms with E-state index >= 15 is 0 Å². The van der Waals surface area contributed by atoms with E-state index in [1.165, 1.54) is 24.8 Å². The topological polar surface area (TPSA) is 0 Å².